The second kappa shape index (κ2) is 11.2. The van der Waals surface area contributed by atoms with E-state index in [-0.39, 0.29) is 28.9 Å². The van der Waals surface area contributed by atoms with Crippen molar-refractivity contribution in [3.63, 3.8) is 0 Å². The van der Waals surface area contributed by atoms with E-state index in [0.29, 0.717) is 42.6 Å². The largest absolute Gasteiger partial charge is 0.370 e. The fourth-order valence-corrected chi connectivity index (χ4v) is 6.18. The molecule has 1 aliphatic heterocycles. The summed E-state index contributed by atoms with van der Waals surface area (Å²) < 4.78 is 27.0. The molecule has 0 saturated carbocycles. The molecule has 0 unspecified atom stereocenters. The molecule has 0 aliphatic carbocycles. The van der Waals surface area contributed by atoms with E-state index in [2.05, 4.69) is 26.1 Å². The SMILES string of the molecule is CCC(=O)N1CCc2cc(Br)cc(S(=O)(=O)CCC(=O)NCCN(CC)c3ccccc3)c21. The van der Waals surface area contributed by atoms with Gasteiger partial charge in [-0.3, -0.25) is 9.59 Å². The van der Waals surface area contributed by atoms with Crippen LogP contribution in [0.1, 0.15) is 32.3 Å². The van der Waals surface area contributed by atoms with E-state index in [1.54, 1.807) is 11.8 Å². The molecule has 0 aromatic heterocycles. The standard InChI is InChI=1S/C24H30BrN3O4S/c1-3-23(30)28-13-10-18-16-19(25)17-21(24(18)28)33(31,32)15-11-22(29)26-12-14-27(4-2)20-8-6-5-7-9-20/h5-9,16-17H,3-4,10-15H2,1-2H3,(H,26,29). The van der Waals surface area contributed by atoms with Gasteiger partial charge in [-0.15, -0.1) is 0 Å². The maximum Gasteiger partial charge on any atom is 0.226 e. The van der Waals surface area contributed by atoms with Crippen molar-refractivity contribution in [2.75, 3.05) is 41.7 Å². The maximum atomic E-state index is 13.2. The third-order valence-electron chi connectivity index (χ3n) is 5.74. The molecule has 2 amide bonds. The number of hydrogen-bond donors (Lipinski definition) is 1. The number of benzene rings is 2. The Morgan fingerprint density at radius 3 is 2.55 bits per heavy atom. The molecule has 1 aliphatic rings. The molecule has 9 heteroatoms. The minimum absolute atomic E-state index is 0.107. The predicted molar refractivity (Wildman–Crippen MR) is 134 cm³/mol. The van der Waals surface area contributed by atoms with Crippen LogP contribution in [-0.4, -0.2) is 52.2 Å². The number of nitrogens with zero attached hydrogens (tertiary/aromatic N) is 2. The van der Waals surface area contributed by atoms with Crippen LogP contribution in [0.5, 0.6) is 0 Å². The van der Waals surface area contributed by atoms with Crippen molar-refractivity contribution >= 4 is 49.0 Å². The van der Waals surface area contributed by atoms with Crippen molar-refractivity contribution in [3.8, 4) is 0 Å². The first-order valence-corrected chi connectivity index (χ1v) is 13.6. The van der Waals surface area contributed by atoms with Crippen LogP contribution in [0, 0.1) is 0 Å². The summed E-state index contributed by atoms with van der Waals surface area (Å²) in [6.07, 6.45) is 0.775. The first kappa shape index (κ1) is 25.2. The van der Waals surface area contributed by atoms with Crippen LogP contribution < -0.4 is 15.1 Å². The fraction of sp³-hybridized carbons (Fsp3) is 0.417. The number of carbonyl (C=O) groups excluding carboxylic acids is 2. The first-order chi connectivity index (χ1) is 15.8. The van der Waals surface area contributed by atoms with Gasteiger partial charge in [-0.05, 0) is 43.2 Å². The first-order valence-electron chi connectivity index (χ1n) is 11.2. The molecule has 178 valence electrons. The molecule has 33 heavy (non-hydrogen) atoms. The number of para-hydroxylation sites is 1. The van der Waals surface area contributed by atoms with Crippen molar-refractivity contribution in [1.29, 1.82) is 0 Å². The molecule has 0 spiro atoms. The Kier molecular flexibility index (Phi) is 8.53. The number of anilines is 2. The van der Waals surface area contributed by atoms with Crippen LogP contribution in [0.4, 0.5) is 11.4 Å². The highest BCUT2D eigenvalue weighted by Crippen LogP contribution is 2.38. The highest BCUT2D eigenvalue weighted by atomic mass is 79.9. The summed E-state index contributed by atoms with van der Waals surface area (Å²) in [5, 5.41) is 2.82. The van der Waals surface area contributed by atoms with Gasteiger partial charge in [0.2, 0.25) is 11.8 Å². The molecular formula is C24H30BrN3O4S. The van der Waals surface area contributed by atoms with Crippen molar-refractivity contribution in [1.82, 2.24) is 5.32 Å². The van der Waals surface area contributed by atoms with Crippen LogP contribution in [0.25, 0.3) is 0 Å². The van der Waals surface area contributed by atoms with Crippen LogP contribution in [0.2, 0.25) is 0 Å². The summed E-state index contributed by atoms with van der Waals surface area (Å²) in [5.41, 5.74) is 2.37. The van der Waals surface area contributed by atoms with E-state index in [1.807, 2.05) is 43.3 Å². The molecule has 3 rings (SSSR count). The Labute approximate surface area is 204 Å². The lowest BCUT2D eigenvalue weighted by Gasteiger charge is -2.23. The fourth-order valence-electron chi connectivity index (χ4n) is 4.01. The van der Waals surface area contributed by atoms with Crippen molar-refractivity contribution in [3.05, 3.63) is 52.5 Å². The quantitative estimate of drug-likeness (QED) is 0.502. The molecular weight excluding hydrogens is 506 g/mol. The Morgan fingerprint density at radius 2 is 1.88 bits per heavy atom. The van der Waals surface area contributed by atoms with Gasteiger partial charge in [-0.25, -0.2) is 8.42 Å². The van der Waals surface area contributed by atoms with E-state index in [9.17, 15) is 18.0 Å². The molecule has 0 saturated heterocycles. The zero-order valence-corrected chi connectivity index (χ0v) is 21.4. The van der Waals surface area contributed by atoms with Gasteiger partial charge >= 0.3 is 0 Å². The van der Waals surface area contributed by atoms with E-state index in [0.717, 1.165) is 17.8 Å². The topological polar surface area (TPSA) is 86.8 Å². The van der Waals surface area contributed by atoms with E-state index in [1.165, 1.54) is 6.07 Å². The Morgan fingerprint density at radius 1 is 1.15 bits per heavy atom. The number of hydrogen-bond acceptors (Lipinski definition) is 5. The number of fused-ring (bicyclic) bond motifs is 1. The second-order valence-electron chi connectivity index (χ2n) is 7.89. The Hall–Kier alpha value is -2.39. The smallest absolute Gasteiger partial charge is 0.226 e. The number of sulfone groups is 1. The minimum Gasteiger partial charge on any atom is -0.370 e. The van der Waals surface area contributed by atoms with Gasteiger partial charge in [-0.2, -0.15) is 0 Å². The number of carbonyl (C=O) groups is 2. The number of amides is 2. The summed E-state index contributed by atoms with van der Waals surface area (Å²) in [7, 11) is -3.76. The molecule has 0 radical (unpaired) electrons. The molecule has 0 atom stereocenters. The lowest BCUT2D eigenvalue weighted by Crippen LogP contribution is -2.35. The molecule has 2 aromatic rings. The van der Waals surface area contributed by atoms with Crippen molar-refractivity contribution < 1.29 is 18.0 Å². The molecule has 0 fully saturated rings. The average molecular weight is 536 g/mol. The lowest BCUT2D eigenvalue weighted by atomic mass is 10.2. The summed E-state index contributed by atoms with van der Waals surface area (Å²) >= 11 is 3.38. The van der Waals surface area contributed by atoms with Crippen molar-refractivity contribution in [2.24, 2.45) is 0 Å². The second-order valence-corrected chi connectivity index (χ2v) is 10.9. The van der Waals surface area contributed by atoms with Gasteiger partial charge in [-0.1, -0.05) is 41.1 Å². The molecule has 0 bridgehead atoms. The summed E-state index contributed by atoms with van der Waals surface area (Å²) in [6.45, 7) is 6.13. The molecule has 1 heterocycles. The molecule has 1 N–H and O–H groups in total. The Balaban J connectivity index is 1.62. The zero-order chi connectivity index (χ0) is 24.0. The summed E-state index contributed by atoms with van der Waals surface area (Å²) in [5.74, 6) is -0.730. The van der Waals surface area contributed by atoms with Gasteiger partial charge in [0.1, 0.15) is 0 Å². The van der Waals surface area contributed by atoms with E-state index < -0.39 is 9.84 Å². The lowest BCUT2D eigenvalue weighted by molar-refractivity contribution is -0.120. The van der Waals surface area contributed by atoms with Gasteiger partial charge in [0.25, 0.3) is 0 Å². The minimum atomic E-state index is -3.76. The van der Waals surface area contributed by atoms with Crippen molar-refractivity contribution in [2.45, 2.75) is 38.0 Å². The predicted octanol–water partition coefficient (Wildman–Crippen LogP) is 3.55. The van der Waals surface area contributed by atoms with Crippen LogP contribution in [-0.2, 0) is 25.8 Å². The third kappa shape index (κ3) is 6.14. The van der Waals surface area contributed by atoms with E-state index >= 15 is 0 Å². The molecule has 2 aromatic carbocycles. The number of halogens is 1. The number of likely N-dealkylation sites (N-methyl/N-ethyl adjacent to an activating group) is 1. The van der Waals surface area contributed by atoms with Crippen LogP contribution in [0.3, 0.4) is 0 Å². The van der Waals surface area contributed by atoms with Gasteiger partial charge in [0.15, 0.2) is 9.84 Å². The molecule has 7 nitrogen and oxygen atoms in total. The zero-order valence-electron chi connectivity index (χ0n) is 19.0. The maximum absolute atomic E-state index is 13.2. The van der Waals surface area contributed by atoms with Gasteiger partial charge in [0.05, 0.1) is 16.3 Å². The Bertz CT molecular complexity index is 1110. The number of nitrogens with one attached hydrogen (secondary N) is 1. The highest BCUT2D eigenvalue weighted by Gasteiger charge is 2.32. The monoisotopic (exact) mass is 535 g/mol. The van der Waals surface area contributed by atoms with Gasteiger partial charge in [0, 0.05) is 49.2 Å². The van der Waals surface area contributed by atoms with Crippen LogP contribution >= 0.6 is 15.9 Å². The highest BCUT2D eigenvalue weighted by molar-refractivity contribution is 9.10. The number of rotatable bonds is 10. The van der Waals surface area contributed by atoms with E-state index in [4.69, 9.17) is 0 Å². The normalized spacial score (nSPS) is 13.0. The van der Waals surface area contributed by atoms with Gasteiger partial charge < -0.3 is 15.1 Å². The average Bonchev–Trinajstić information content (AvgIpc) is 3.23. The summed E-state index contributed by atoms with van der Waals surface area (Å²) in [6, 6.07) is 13.3. The van der Waals surface area contributed by atoms with Crippen LogP contribution in [0.15, 0.2) is 51.8 Å². The summed E-state index contributed by atoms with van der Waals surface area (Å²) in [4.78, 5) is 28.5. The third-order valence-corrected chi connectivity index (χ3v) is 7.92.